The smallest absolute Gasteiger partial charge is 0.251 e. The van der Waals surface area contributed by atoms with E-state index in [2.05, 4.69) is 5.32 Å². The third-order valence-corrected chi connectivity index (χ3v) is 3.90. The number of thioether (sulfide) groups is 1. The van der Waals surface area contributed by atoms with Crippen molar-refractivity contribution in [1.82, 2.24) is 5.32 Å². The van der Waals surface area contributed by atoms with Crippen LogP contribution in [-0.2, 0) is 4.74 Å². The van der Waals surface area contributed by atoms with Crippen LogP contribution in [0.2, 0.25) is 0 Å². The van der Waals surface area contributed by atoms with Crippen molar-refractivity contribution in [1.29, 1.82) is 0 Å². The van der Waals surface area contributed by atoms with E-state index in [9.17, 15) is 4.79 Å². The summed E-state index contributed by atoms with van der Waals surface area (Å²) >= 11 is 1.68. The molecule has 104 valence electrons. The Morgan fingerprint density at radius 1 is 1.37 bits per heavy atom. The molecular formula is C15H21NO2S. The third kappa shape index (κ3) is 5.25. The van der Waals surface area contributed by atoms with Gasteiger partial charge in [-0.05, 0) is 55.7 Å². The van der Waals surface area contributed by atoms with Crippen molar-refractivity contribution in [2.45, 2.75) is 24.2 Å². The van der Waals surface area contributed by atoms with Gasteiger partial charge in [-0.25, -0.2) is 0 Å². The monoisotopic (exact) mass is 279 g/mol. The van der Waals surface area contributed by atoms with Crippen molar-refractivity contribution in [2.24, 2.45) is 5.92 Å². The number of carbonyl (C=O) groups is 1. The average molecular weight is 279 g/mol. The first-order chi connectivity index (χ1) is 9.29. The number of rotatable bonds is 8. The highest BCUT2D eigenvalue weighted by Gasteiger charge is 2.20. The lowest BCUT2D eigenvalue weighted by molar-refractivity contribution is 0.0937. The van der Waals surface area contributed by atoms with Gasteiger partial charge in [0, 0.05) is 30.2 Å². The molecule has 0 bridgehead atoms. The molecule has 0 radical (unpaired) electrons. The molecule has 1 N–H and O–H groups in total. The van der Waals surface area contributed by atoms with Crippen LogP contribution in [0, 0.1) is 5.92 Å². The summed E-state index contributed by atoms with van der Waals surface area (Å²) in [5.74, 6) is 0.805. The van der Waals surface area contributed by atoms with Crippen molar-refractivity contribution in [3.8, 4) is 0 Å². The van der Waals surface area contributed by atoms with Gasteiger partial charge in [-0.3, -0.25) is 4.79 Å². The summed E-state index contributed by atoms with van der Waals surface area (Å²) in [6.45, 7) is 2.31. The molecule has 0 heterocycles. The van der Waals surface area contributed by atoms with Crippen molar-refractivity contribution in [3.05, 3.63) is 29.8 Å². The van der Waals surface area contributed by atoms with E-state index in [1.54, 1.807) is 11.8 Å². The van der Waals surface area contributed by atoms with E-state index in [-0.39, 0.29) is 5.91 Å². The number of hydrogen-bond donors (Lipinski definition) is 1. The van der Waals surface area contributed by atoms with Crippen LogP contribution in [0.25, 0.3) is 0 Å². The predicted octanol–water partition coefficient (Wildman–Crippen LogP) is 2.96. The number of nitrogens with one attached hydrogen (secondary N) is 1. The van der Waals surface area contributed by atoms with Crippen molar-refractivity contribution in [3.63, 3.8) is 0 Å². The Balaban J connectivity index is 1.59. The first kappa shape index (κ1) is 14.4. The van der Waals surface area contributed by atoms with Crippen molar-refractivity contribution < 1.29 is 9.53 Å². The summed E-state index contributed by atoms with van der Waals surface area (Å²) < 4.78 is 5.52. The average Bonchev–Trinajstić information content (AvgIpc) is 3.26. The first-order valence-electron chi connectivity index (χ1n) is 6.79. The second kappa shape index (κ2) is 7.56. The summed E-state index contributed by atoms with van der Waals surface area (Å²) in [6, 6.07) is 7.67. The van der Waals surface area contributed by atoms with E-state index < -0.39 is 0 Å². The normalized spacial score (nSPS) is 14.4. The quantitative estimate of drug-likeness (QED) is 0.587. The topological polar surface area (TPSA) is 38.3 Å². The van der Waals surface area contributed by atoms with Crippen LogP contribution in [-0.4, -0.2) is 31.9 Å². The summed E-state index contributed by atoms with van der Waals surface area (Å²) in [5.41, 5.74) is 0.719. The highest BCUT2D eigenvalue weighted by atomic mass is 32.2. The molecule has 0 spiro atoms. The largest absolute Gasteiger partial charge is 0.381 e. The number of hydrogen-bond acceptors (Lipinski definition) is 3. The Morgan fingerprint density at radius 2 is 2.11 bits per heavy atom. The maximum Gasteiger partial charge on any atom is 0.251 e. The second-order valence-corrected chi connectivity index (χ2v) is 5.74. The SMILES string of the molecule is CSc1ccc(C(=O)NCCCOCC2CC2)cc1. The molecule has 0 aromatic heterocycles. The highest BCUT2D eigenvalue weighted by molar-refractivity contribution is 7.98. The van der Waals surface area contributed by atoms with Gasteiger partial charge < -0.3 is 10.1 Å². The minimum atomic E-state index is -0.00477. The molecule has 1 aromatic carbocycles. The van der Waals surface area contributed by atoms with Crippen LogP contribution in [0.3, 0.4) is 0 Å². The maximum absolute atomic E-state index is 11.8. The van der Waals surface area contributed by atoms with E-state index in [1.807, 2.05) is 30.5 Å². The van der Waals surface area contributed by atoms with Gasteiger partial charge in [-0.1, -0.05) is 0 Å². The molecule has 1 aliphatic rings. The van der Waals surface area contributed by atoms with Gasteiger partial charge in [0.25, 0.3) is 5.91 Å². The standard InChI is InChI=1S/C15H21NO2S/c1-19-14-7-5-13(6-8-14)15(17)16-9-2-10-18-11-12-3-4-12/h5-8,12H,2-4,9-11H2,1H3,(H,16,17). The van der Waals surface area contributed by atoms with Gasteiger partial charge >= 0.3 is 0 Å². The van der Waals surface area contributed by atoms with E-state index in [4.69, 9.17) is 4.74 Å². The minimum Gasteiger partial charge on any atom is -0.381 e. The molecule has 2 rings (SSSR count). The molecule has 1 aliphatic carbocycles. The second-order valence-electron chi connectivity index (χ2n) is 4.86. The zero-order chi connectivity index (χ0) is 13.5. The molecule has 1 saturated carbocycles. The van der Waals surface area contributed by atoms with E-state index >= 15 is 0 Å². The molecule has 1 fully saturated rings. The van der Waals surface area contributed by atoms with Crippen molar-refractivity contribution >= 4 is 17.7 Å². The number of amides is 1. The van der Waals surface area contributed by atoms with Crippen molar-refractivity contribution in [2.75, 3.05) is 26.0 Å². The molecule has 4 heteroatoms. The van der Waals surface area contributed by atoms with E-state index in [0.717, 1.165) is 31.1 Å². The molecule has 19 heavy (non-hydrogen) atoms. The zero-order valence-corrected chi connectivity index (χ0v) is 12.2. The van der Waals surface area contributed by atoms with Crippen LogP contribution in [0.4, 0.5) is 0 Å². The number of ether oxygens (including phenoxy) is 1. The van der Waals surface area contributed by atoms with Gasteiger partial charge in [0.15, 0.2) is 0 Å². The third-order valence-electron chi connectivity index (χ3n) is 3.15. The summed E-state index contributed by atoms with van der Waals surface area (Å²) in [7, 11) is 0. The van der Waals surface area contributed by atoms with Gasteiger partial charge in [0.1, 0.15) is 0 Å². The fourth-order valence-electron chi connectivity index (χ4n) is 1.76. The Morgan fingerprint density at radius 3 is 2.74 bits per heavy atom. The molecule has 0 atom stereocenters. The van der Waals surface area contributed by atoms with Crippen LogP contribution >= 0.6 is 11.8 Å². The lowest BCUT2D eigenvalue weighted by atomic mass is 10.2. The Labute approximate surface area is 119 Å². The van der Waals surface area contributed by atoms with Crippen LogP contribution in [0.5, 0.6) is 0 Å². The van der Waals surface area contributed by atoms with Gasteiger partial charge in [0.05, 0.1) is 0 Å². The maximum atomic E-state index is 11.8. The molecule has 0 saturated heterocycles. The van der Waals surface area contributed by atoms with E-state index in [0.29, 0.717) is 6.54 Å². The van der Waals surface area contributed by atoms with Gasteiger partial charge in [-0.2, -0.15) is 0 Å². The molecule has 3 nitrogen and oxygen atoms in total. The van der Waals surface area contributed by atoms with Crippen LogP contribution < -0.4 is 5.32 Å². The lowest BCUT2D eigenvalue weighted by Gasteiger charge is -2.06. The summed E-state index contributed by atoms with van der Waals surface area (Å²) in [4.78, 5) is 13.0. The molecule has 0 aliphatic heterocycles. The Bertz CT molecular complexity index is 401. The molecular weight excluding hydrogens is 258 g/mol. The molecule has 1 amide bonds. The fourth-order valence-corrected chi connectivity index (χ4v) is 2.16. The predicted molar refractivity (Wildman–Crippen MR) is 78.7 cm³/mol. The fraction of sp³-hybridized carbons (Fsp3) is 0.533. The Hall–Kier alpha value is -1.00. The summed E-state index contributed by atoms with van der Waals surface area (Å²) in [5, 5.41) is 2.91. The van der Waals surface area contributed by atoms with Crippen LogP contribution in [0.15, 0.2) is 29.2 Å². The zero-order valence-electron chi connectivity index (χ0n) is 11.4. The van der Waals surface area contributed by atoms with Gasteiger partial charge in [0.2, 0.25) is 0 Å². The molecule has 0 unspecified atom stereocenters. The lowest BCUT2D eigenvalue weighted by Crippen LogP contribution is -2.25. The van der Waals surface area contributed by atoms with Gasteiger partial charge in [-0.15, -0.1) is 11.8 Å². The summed E-state index contributed by atoms with van der Waals surface area (Å²) in [6.07, 6.45) is 5.55. The Kier molecular flexibility index (Phi) is 5.73. The van der Waals surface area contributed by atoms with E-state index in [1.165, 1.54) is 17.7 Å². The minimum absolute atomic E-state index is 0.00477. The highest BCUT2D eigenvalue weighted by Crippen LogP contribution is 2.28. The molecule has 1 aromatic rings. The first-order valence-corrected chi connectivity index (χ1v) is 8.02. The number of benzene rings is 1. The van der Waals surface area contributed by atoms with Crippen LogP contribution in [0.1, 0.15) is 29.6 Å². The number of carbonyl (C=O) groups excluding carboxylic acids is 1.